The normalized spacial score (nSPS) is 11.0. The molecule has 0 radical (unpaired) electrons. The molecule has 0 aliphatic carbocycles. The molecule has 0 bridgehead atoms. The Morgan fingerprint density at radius 2 is 1.74 bits per heavy atom. The molecule has 31 heavy (non-hydrogen) atoms. The second-order valence-electron chi connectivity index (χ2n) is 7.27. The van der Waals surface area contributed by atoms with E-state index in [1.54, 1.807) is 5.51 Å². The van der Waals surface area contributed by atoms with Gasteiger partial charge in [-0.25, -0.2) is 4.98 Å². The number of nitrogens with one attached hydrogen (secondary N) is 1. The van der Waals surface area contributed by atoms with Crippen LogP contribution in [-0.4, -0.2) is 20.7 Å². The maximum Gasteiger partial charge on any atom is 0.251 e. The molecular formula is C25H20N4OS. The van der Waals surface area contributed by atoms with Crippen molar-refractivity contribution in [3.05, 3.63) is 107 Å². The van der Waals surface area contributed by atoms with E-state index in [0.717, 1.165) is 27.0 Å². The first kappa shape index (κ1) is 19.2. The number of hydrogen-bond donors (Lipinski definition) is 1. The fourth-order valence-corrected chi connectivity index (χ4v) is 4.27. The first-order chi connectivity index (χ1) is 15.3. The van der Waals surface area contributed by atoms with Crippen molar-refractivity contribution in [3.63, 3.8) is 0 Å². The molecule has 0 spiro atoms. The average molecular weight is 425 g/mol. The molecule has 0 aliphatic rings. The maximum absolute atomic E-state index is 12.8. The van der Waals surface area contributed by atoms with Crippen LogP contribution in [0.4, 0.5) is 0 Å². The van der Waals surface area contributed by atoms with E-state index in [0.29, 0.717) is 18.7 Å². The van der Waals surface area contributed by atoms with Crippen LogP contribution in [0.5, 0.6) is 0 Å². The molecule has 5 rings (SSSR count). The van der Waals surface area contributed by atoms with E-state index in [4.69, 9.17) is 5.10 Å². The van der Waals surface area contributed by atoms with E-state index in [1.165, 1.54) is 16.9 Å². The third-order valence-electron chi connectivity index (χ3n) is 5.10. The van der Waals surface area contributed by atoms with Crippen molar-refractivity contribution in [2.45, 2.75) is 13.1 Å². The van der Waals surface area contributed by atoms with Gasteiger partial charge in [-0.05, 0) is 23.8 Å². The Morgan fingerprint density at radius 1 is 0.968 bits per heavy atom. The van der Waals surface area contributed by atoms with Gasteiger partial charge >= 0.3 is 0 Å². The van der Waals surface area contributed by atoms with Crippen LogP contribution < -0.4 is 5.32 Å². The van der Waals surface area contributed by atoms with Crippen LogP contribution in [0.25, 0.3) is 21.5 Å². The van der Waals surface area contributed by atoms with Gasteiger partial charge in [0.2, 0.25) is 0 Å². The summed E-state index contributed by atoms with van der Waals surface area (Å²) in [6, 6.07) is 25.9. The van der Waals surface area contributed by atoms with Gasteiger partial charge in [0.25, 0.3) is 5.91 Å². The van der Waals surface area contributed by atoms with Gasteiger partial charge < -0.3 is 5.32 Å². The van der Waals surface area contributed by atoms with Crippen LogP contribution in [0.1, 0.15) is 21.5 Å². The molecular weight excluding hydrogens is 404 g/mol. The highest BCUT2D eigenvalue weighted by Gasteiger charge is 2.14. The fourth-order valence-electron chi connectivity index (χ4n) is 3.56. The van der Waals surface area contributed by atoms with Gasteiger partial charge in [-0.15, -0.1) is 11.3 Å². The lowest BCUT2D eigenvalue weighted by molar-refractivity contribution is 0.0951. The van der Waals surface area contributed by atoms with Crippen LogP contribution in [-0.2, 0) is 13.1 Å². The minimum absolute atomic E-state index is 0.106. The SMILES string of the molecule is O=C(NCc1cn(Cc2ccccc2)nc1-c1ccccc1)c1ccc2ncsc2c1. The summed E-state index contributed by atoms with van der Waals surface area (Å²) in [5, 5.41) is 7.87. The number of rotatable bonds is 6. The lowest BCUT2D eigenvalue weighted by atomic mass is 10.1. The summed E-state index contributed by atoms with van der Waals surface area (Å²) in [6.45, 7) is 1.08. The Hall–Kier alpha value is -3.77. The molecule has 0 saturated carbocycles. The van der Waals surface area contributed by atoms with Crippen LogP contribution >= 0.6 is 11.3 Å². The van der Waals surface area contributed by atoms with Gasteiger partial charge in [-0.2, -0.15) is 5.10 Å². The summed E-state index contributed by atoms with van der Waals surface area (Å²) in [7, 11) is 0. The highest BCUT2D eigenvalue weighted by Crippen LogP contribution is 2.23. The van der Waals surface area contributed by atoms with E-state index in [9.17, 15) is 4.79 Å². The second-order valence-corrected chi connectivity index (χ2v) is 8.16. The van der Waals surface area contributed by atoms with Crippen LogP contribution in [0.3, 0.4) is 0 Å². The number of fused-ring (bicyclic) bond motifs is 1. The molecule has 5 aromatic rings. The molecule has 3 aromatic carbocycles. The van der Waals surface area contributed by atoms with Crippen molar-refractivity contribution in [1.82, 2.24) is 20.1 Å². The Balaban J connectivity index is 1.39. The van der Waals surface area contributed by atoms with Crippen molar-refractivity contribution >= 4 is 27.5 Å². The number of carbonyl (C=O) groups excluding carboxylic acids is 1. The van der Waals surface area contributed by atoms with E-state index in [1.807, 2.05) is 77.6 Å². The first-order valence-electron chi connectivity index (χ1n) is 10.0. The zero-order valence-electron chi connectivity index (χ0n) is 16.7. The van der Waals surface area contributed by atoms with Gasteiger partial charge in [0.1, 0.15) is 0 Å². The molecule has 2 aromatic heterocycles. The molecule has 6 heteroatoms. The molecule has 0 atom stereocenters. The summed E-state index contributed by atoms with van der Waals surface area (Å²) >= 11 is 1.53. The number of amides is 1. The van der Waals surface area contributed by atoms with Crippen LogP contribution in [0.15, 0.2) is 90.6 Å². The zero-order valence-corrected chi connectivity index (χ0v) is 17.5. The quantitative estimate of drug-likeness (QED) is 0.411. The highest BCUT2D eigenvalue weighted by atomic mass is 32.1. The average Bonchev–Trinajstić information content (AvgIpc) is 3.45. The van der Waals surface area contributed by atoms with Gasteiger partial charge in [0.15, 0.2) is 0 Å². The summed E-state index contributed by atoms with van der Waals surface area (Å²) in [4.78, 5) is 17.0. The Bertz CT molecular complexity index is 1330. The number of hydrogen-bond acceptors (Lipinski definition) is 4. The molecule has 2 heterocycles. The predicted molar refractivity (Wildman–Crippen MR) is 124 cm³/mol. The number of carbonyl (C=O) groups is 1. The number of thiazole rings is 1. The highest BCUT2D eigenvalue weighted by molar-refractivity contribution is 7.16. The third-order valence-corrected chi connectivity index (χ3v) is 5.90. The van der Waals surface area contributed by atoms with E-state index in [2.05, 4.69) is 22.4 Å². The van der Waals surface area contributed by atoms with E-state index < -0.39 is 0 Å². The van der Waals surface area contributed by atoms with Crippen molar-refractivity contribution in [2.75, 3.05) is 0 Å². The Kier molecular flexibility index (Phi) is 5.29. The standard InChI is InChI=1S/C25H20N4OS/c30-25(20-11-12-22-23(13-20)31-17-27-22)26-14-21-16-29(15-18-7-3-1-4-8-18)28-24(21)19-9-5-2-6-10-19/h1-13,16-17H,14-15H2,(H,26,30). The predicted octanol–water partition coefficient (Wildman–Crippen LogP) is 5.14. The number of nitrogens with zero attached hydrogens (tertiary/aromatic N) is 3. The monoisotopic (exact) mass is 424 g/mol. The number of benzene rings is 3. The molecule has 1 amide bonds. The fraction of sp³-hybridized carbons (Fsp3) is 0.0800. The van der Waals surface area contributed by atoms with Crippen molar-refractivity contribution in [1.29, 1.82) is 0 Å². The largest absolute Gasteiger partial charge is 0.348 e. The molecule has 0 fully saturated rings. The van der Waals surface area contributed by atoms with Crippen molar-refractivity contribution in [3.8, 4) is 11.3 Å². The minimum atomic E-state index is -0.106. The molecule has 0 aliphatic heterocycles. The molecule has 5 nitrogen and oxygen atoms in total. The summed E-state index contributed by atoms with van der Waals surface area (Å²) in [6.07, 6.45) is 2.02. The molecule has 0 saturated heterocycles. The topological polar surface area (TPSA) is 59.8 Å². The summed E-state index contributed by atoms with van der Waals surface area (Å²) < 4.78 is 2.94. The second kappa shape index (κ2) is 8.53. The van der Waals surface area contributed by atoms with E-state index in [-0.39, 0.29) is 5.91 Å². The molecule has 1 N–H and O–H groups in total. The summed E-state index contributed by atoms with van der Waals surface area (Å²) in [5.74, 6) is -0.106. The smallest absolute Gasteiger partial charge is 0.251 e. The Morgan fingerprint density at radius 3 is 2.55 bits per heavy atom. The van der Waals surface area contributed by atoms with Gasteiger partial charge in [0, 0.05) is 29.4 Å². The first-order valence-corrected chi connectivity index (χ1v) is 10.9. The third kappa shape index (κ3) is 4.25. The van der Waals surface area contributed by atoms with Crippen LogP contribution in [0.2, 0.25) is 0 Å². The lowest BCUT2D eigenvalue weighted by Gasteiger charge is -2.06. The zero-order chi connectivity index (χ0) is 21.0. The van der Waals surface area contributed by atoms with Crippen molar-refractivity contribution in [2.24, 2.45) is 0 Å². The minimum Gasteiger partial charge on any atom is -0.348 e. The van der Waals surface area contributed by atoms with Gasteiger partial charge in [0.05, 0.1) is 28.0 Å². The van der Waals surface area contributed by atoms with E-state index >= 15 is 0 Å². The lowest BCUT2D eigenvalue weighted by Crippen LogP contribution is -2.22. The Labute approximate surface area is 184 Å². The molecule has 0 unspecified atom stereocenters. The number of aromatic nitrogens is 3. The van der Waals surface area contributed by atoms with Gasteiger partial charge in [-0.1, -0.05) is 60.7 Å². The van der Waals surface area contributed by atoms with Crippen LogP contribution in [0, 0.1) is 0 Å². The van der Waals surface area contributed by atoms with Gasteiger partial charge in [-0.3, -0.25) is 9.48 Å². The maximum atomic E-state index is 12.8. The molecule has 152 valence electrons. The van der Waals surface area contributed by atoms with Crippen molar-refractivity contribution < 1.29 is 4.79 Å². The summed E-state index contributed by atoms with van der Waals surface area (Å²) in [5.41, 5.74) is 7.41.